The molecular weight excluding hydrogens is 544 g/mol. The van der Waals surface area contributed by atoms with Gasteiger partial charge >= 0.3 is 0 Å². The van der Waals surface area contributed by atoms with Crippen LogP contribution in [0.5, 0.6) is 5.75 Å². The fourth-order valence-electron chi connectivity index (χ4n) is 6.28. The first kappa shape index (κ1) is 30.3. The van der Waals surface area contributed by atoms with Gasteiger partial charge in [-0.05, 0) is 94.3 Å². The molecule has 2 heterocycles. The summed E-state index contributed by atoms with van der Waals surface area (Å²) in [7, 11) is 1.69. The number of rotatable bonds is 9. The van der Waals surface area contributed by atoms with Gasteiger partial charge in [0, 0.05) is 53.1 Å². The highest BCUT2D eigenvalue weighted by Crippen LogP contribution is 2.30. The standard InChI is InChI=1S/C34H44N4O3S/c1-23-7-10-26(11-8-23)34(40)38-18-17-29(20-32(38)33(39)36-28-14-12-27(35)13-15-28)37(22-31-16-9-24(2)42-31)21-25-5-4-6-30(19-25)41-3/h4-11,16,19,27-29,32H,12-15,17-18,20-22,35H2,1-3H3,(H,36,39)/t27?,28?,29?,32-/m1/s1. The number of thiophene rings is 1. The molecule has 3 aromatic rings. The lowest BCUT2D eigenvalue weighted by Gasteiger charge is -2.43. The number of ether oxygens (including phenoxy) is 1. The average Bonchev–Trinajstić information content (AvgIpc) is 3.42. The molecule has 3 N–H and O–H groups in total. The minimum atomic E-state index is -0.536. The van der Waals surface area contributed by atoms with Crippen LogP contribution >= 0.6 is 11.3 Å². The number of benzene rings is 2. The van der Waals surface area contributed by atoms with Gasteiger partial charge in [0.05, 0.1) is 7.11 Å². The van der Waals surface area contributed by atoms with E-state index in [9.17, 15) is 9.59 Å². The summed E-state index contributed by atoms with van der Waals surface area (Å²) in [6, 6.07) is 20.1. The second kappa shape index (κ2) is 13.8. The van der Waals surface area contributed by atoms with Crippen molar-refractivity contribution < 1.29 is 14.3 Å². The minimum Gasteiger partial charge on any atom is -0.497 e. The van der Waals surface area contributed by atoms with Crippen LogP contribution in [-0.2, 0) is 17.9 Å². The van der Waals surface area contributed by atoms with Crippen LogP contribution in [0.2, 0.25) is 0 Å². The Kier molecular flexibility index (Phi) is 9.98. The van der Waals surface area contributed by atoms with Crippen molar-refractivity contribution in [3.63, 3.8) is 0 Å². The summed E-state index contributed by atoms with van der Waals surface area (Å²) in [6.45, 7) is 6.20. The largest absolute Gasteiger partial charge is 0.497 e. The Hall–Kier alpha value is -3.20. The summed E-state index contributed by atoms with van der Waals surface area (Å²) in [5.41, 5.74) is 9.03. The lowest BCUT2D eigenvalue weighted by Crippen LogP contribution is -2.58. The molecule has 2 aromatic carbocycles. The Labute approximate surface area is 254 Å². The first-order valence-corrected chi connectivity index (χ1v) is 16.0. The highest BCUT2D eigenvalue weighted by molar-refractivity contribution is 7.11. The molecule has 7 nitrogen and oxygen atoms in total. The van der Waals surface area contributed by atoms with Gasteiger partial charge in [-0.25, -0.2) is 0 Å². The van der Waals surface area contributed by atoms with Gasteiger partial charge in [-0.3, -0.25) is 14.5 Å². The summed E-state index contributed by atoms with van der Waals surface area (Å²) < 4.78 is 5.50. The van der Waals surface area contributed by atoms with E-state index in [1.807, 2.05) is 59.6 Å². The minimum absolute atomic E-state index is 0.0473. The SMILES string of the molecule is COc1cccc(CN(Cc2ccc(C)s2)C2CCN(C(=O)c3ccc(C)cc3)[C@@H](C(=O)NC3CCC(N)CC3)C2)c1. The van der Waals surface area contributed by atoms with Crippen LogP contribution in [-0.4, -0.2) is 59.4 Å². The zero-order chi connectivity index (χ0) is 29.6. The molecule has 0 radical (unpaired) electrons. The van der Waals surface area contributed by atoms with E-state index < -0.39 is 6.04 Å². The molecule has 1 saturated carbocycles. The maximum atomic E-state index is 14.0. The van der Waals surface area contributed by atoms with Gasteiger partial charge in [-0.2, -0.15) is 0 Å². The van der Waals surface area contributed by atoms with E-state index in [0.29, 0.717) is 18.5 Å². The fourth-order valence-corrected chi connectivity index (χ4v) is 7.20. The number of amides is 2. The molecule has 0 bridgehead atoms. The molecule has 0 spiro atoms. The number of nitrogens with zero attached hydrogens (tertiary/aromatic N) is 2. The van der Waals surface area contributed by atoms with Crippen molar-refractivity contribution in [2.24, 2.45) is 5.73 Å². The van der Waals surface area contributed by atoms with Gasteiger partial charge in [0.25, 0.3) is 5.91 Å². The quantitative estimate of drug-likeness (QED) is 0.348. The van der Waals surface area contributed by atoms with E-state index in [1.165, 1.54) is 15.3 Å². The Morgan fingerprint density at radius 1 is 1.00 bits per heavy atom. The Bertz CT molecular complexity index is 1350. The molecule has 224 valence electrons. The molecule has 2 fully saturated rings. The van der Waals surface area contributed by atoms with Gasteiger partial charge in [0.2, 0.25) is 5.91 Å². The van der Waals surface area contributed by atoms with Crippen molar-refractivity contribution >= 4 is 23.2 Å². The first-order valence-electron chi connectivity index (χ1n) is 15.1. The maximum Gasteiger partial charge on any atom is 0.254 e. The van der Waals surface area contributed by atoms with Crippen LogP contribution < -0.4 is 15.8 Å². The van der Waals surface area contributed by atoms with Gasteiger partial charge in [0.1, 0.15) is 11.8 Å². The first-order chi connectivity index (χ1) is 20.3. The van der Waals surface area contributed by atoms with E-state index in [0.717, 1.165) is 56.5 Å². The number of hydrogen-bond donors (Lipinski definition) is 2. The van der Waals surface area contributed by atoms with Crippen molar-refractivity contribution in [1.82, 2.24) is 15.1 Å². The Balaban J connectivity index is 1.40. The van der Waals surface area contributed by atoms with Crippen molar-refractivity contribution in [3.8, 4) is 5.75 Å². The third-order valence-electron chi connectivity index (χ3n) is 8.75. The molecule has 5 rings (SSSR count). The van der Waals surface area contributed by atoms with Gasteiger partial charge in [-0.15, -0.1) is 11.3 Å². The van der Waals surface area contributed by atoms with Gasteiger partial charge in [0.15, 0.2) is 0 Å². The molecule has 1 unspecified atom stereocenters. The summed E-state index contributed by atoms with van der Waals surface area (Å²) >= 11 is 1.81. The monoisotopic (exact) mass is 588 g/mol. The highest BCUT2D eigenvalue weighted by atomic mass is 32.1. The van der Waals surface area contributed by atoms with Crippen LogP contribution in [0, 0.1) is 13.8 Å². The predicted molar refractivity (Wildman–Crippen MR) is 169 cm³/mol. The highest BCUT2D eigenvalue weighted by Gasteiger charge is 2.39. The molecule has 2 atom stereocenters. The van der Waals surface area contributed by atoms with Crippen LogP contribution in [0.3, 0.4) is 0 Å². The van der Waals surface area contributed by atoms with Crippen LogP contribution in [0.1, 0.15) is 69.8 Å². The second-order valence-electron chi connectivity index (χ2n) is 11.9. The molecule has 8 heteroatoms. The Morgan fingerprint density at radius 2 is 1.76 bits per heavy atom. The summed E-state index contributed by atoms with van der Waals surface area (Å²) in [4.78, 5) is 34.6. The molecule has 2 aliphatic rings. The second-order valence-corrected chi connectivity index (χ2v) is 13.3. The van der Waals surface area contributed by atoms with Crippen molar-refractivity contribution in [2.45, 2.75) is 89.6 Å². The summed E-state index contributed by atoms with van der Waals surface area (Å²) in [6.07, 6.45) is 4.99. The molecular formula is C34H44N4O3S. The van der Waals surface area contributed by atoms with E-state index in [2.05, 4.69) is 41.4 Å². The summed E-state index contributed by atoms with van der Waals surface area (Å²) in [5.74, 6) is 0.712. The molecule has 42 heavy (non-hydrogen) atoms. The molecule has 1 saturated heterocycles. The number of nitrogens with two attached hydrogens (primary N) is 1. The number of carbonyl (C=O) groups excluding carboxylic acids is 2. The number of methoxy groups -OCH3 is 1. The number of aryl methyl sites for hydroxylation is 2. The van der Waals surface area contributed by atoms with Crippen LogP contribution in [0.4, 0.5) is 0 Å². The zero-order valence-corrected chi connectivity index (χ0v) is 25.9. The zero-order valence-electron chi connectivity index (χ0n) is 25.1. The molecule has 2 amide bonds. The smallest absolute Gasteiger partial charge is 0.254 e. The maximum absolute atomic E-state index is 14.0. The van der Waals surface area contributed by atoms with E-state index in [4.69, 9.17) is 10.5 Å². The van der Waals surface area contributed by atoms with Crippen molar-refractivity contribution in [1.29, 1.82) is 0 Å². The van der Waals surface area contributed by atoms with E-state index >= 15 is 0 Å². The predicted octanol–water partition coefficient (Wildman–Crippen LogP) is 5.44. The van der Waals surface area contributed by atoms with Crippen molar-refractivity contribution in [3.05, 3.63) is 87.1 Å². The number of hydrogen-bond acceptors (Lipinski definition) is 6. The topological polar surface area (TPSA) is 87.9 Å². The van der Waals surface area contributed by atoms with Crippen LogP contribution in [0.25, 0.3) is 0 Å². The average molecular weight is 589 g/mol. The lowest BCUT2D eigenvalue weighted by molar-refractivity contribution is -0.128. The fraction of sp³-hybridized carbons (Fsp3) is 0.471. The van der Waals surface area contributed by atoms with Crippen molar-refractivity contribution in [2.75, 3.05) is 13.7 Å². The van der Waals surface area contributed by atoms with Crippen LogP contribution in [0.15, 0.2) is 60.7 Å². The van der Waals surface area contributed by atoms with Gasteiger partial charge in [-0.1, -0.05) is 29.8 Å². The number of carbonyl (C=O) groups is 2. The number of nitrogens with one attached hydrogen (secondary N) is 1. The number of piperidine rings is 1. The molecule has 1 aromatic heterocycles. The Morgan fingerprint density at radius 3 is 2.45 bits per heavy atom. The number of likely N-dealkylation sites (tertiary alicyclic amines) is 1. The van der Waals surface area contributed by atoms with E-state index in [1.54, 1.807) is 7.11 Å². The molecule has 1 aliphatic carbocycles. The van der Waals surface area contributed by atoms with Gasteiger partial charge < -0.3 is 20.7 Å². The third-order valence-corrected chi connectivity index (χ3v) is 9.73. The normalized spacial score (nSPS) is 22.6. The molecule has 1 aliphatic heterocycles. The summed E-state index contributed by atoms with van der Waals surface area (Å²) in [5, 5.41) is 3.31. The van der Waals surface area contributed by atoms with E-state index in [-0.39, 0.29) is 29.9 Å². The third kappa shape index (κ3) is 7.60. The lowest BCUT2D eigenvalue weighted by atomic mass is 9.90.